The average Bonchev–Trinajstić information content (AvgIpc) is 2.25. The molecule has 1 rings (SSSR count). The molecular formula is C12H16Cl2N2O. The van der Waals surface area contributed by atoms with Crippen LogP contribution in [-0.2, 0) is 10.2 Å². The molecule has 0 heterocycles. The van der Waals surface area contributed by atoms with Crippen molar-refractivity contribution < 1.29 is 4.79 Å². The Balaban J connectivity index is 2.92. The van der Waals surface area contributed by atoms with E-state index in [0.29, 0.717) is 16.6 Å². The molecule has 0 bridgehead atoms. The Morgan fingerprint density at radius 2 is 1.88 bits per heavy atom. The number of carbonyl (C=O) groups excluding carboxylic acids is 1. The van der Waals surface area contributed by atoms with E-state index in [1.807, 2.05) is 13.8 Å². The van der Waals surface area contributed by atoms with Gasteiger partial charge in [0.2, 0.25) is 5.91 Å². The number of nitrogens with one attached hydrogen (secondary N) is 1. The zero-order valence-electron chi connectivity index (χ0n) is 9.89. The number of hydrogen-bond donors (Lipinski definition) is 2. The van der Waals surface area contributed by atoms with Crippen molar-refractivity contribution in [1.82, 2.24) is 5.32 Å². The van der Waals surface area contributed by atoms with Gasteiger partial charge < -0.3 is 11.1 Å². The van der Waals surface area contributed by atoms with Crippen LogP contribution in [0.5, 0.6) is 0 Å². The van der Waals surface area contributed by atoms with Crippen molar-refractivity contribution in [3.63, 3.8) is 0 Å². The molecule has 0 saturated heterocycles. The molecule has 0 atom stereocenters. The van der Waals surface area contributed by atoms with Gasteiger partial charge >= 0.3 is 0 Å². The Bertz CT molecular complexity index is 399. The maximum absolute atomic E-state index is 11.2. The van der Waals surface area contributed by atoms with Gasteiger partial charge in [-0.1, -0.05) is 43.1 Å². The van der Waals surface area contributed by atoms with Crippen molar-refractivity contribution in [1.29, 1.82) is 0 Å². The Hall–Kier alpha value is -0.770. The van der Waals surface area contributed by atoms with E-state index in [2.05, 4.69) is 5.32 Å². The Kier molecular flexibility index (Phi) is 4.80. The van der Waals surface area contributed by atoms with Crippen molar-refractivity contribution in [3.05, 3.63) is 33.8 Å². The van der Waals surface area contributed by atoms with Gasteiger partial charge in [0.1, 0.15) is 0 Å². The monoisotopic (exact) mass is 274 g/mol. The van der Waals surface area contributed by atoms with Crippen molar-refractivity contribution in [2.45, 2.75) is 19.3 Å². The van der Waals surface area contributed by atoms with Crippen LogP contribution >= 0.6 is 23.2 Å². The normalized spacial score (nSPS) is 11.4. The smallest absolute Gasteiger partial charge is 0.233 e. The van der Waals surface area contributed by atoms with Gasteiger partial charge in [-0.2, -0.15) is 0 Å². The molecule has 1 aromatic carbocycles. The van der Waals surface area contributed by atoms with Crippen LogP contribution in [0, 0.1) is 0 Å². The van der Waals surface area contributed by atoms with E-state index in [4.69, 9.17) is 28.9 Å². The second-order valence-electron chi connectivity index (χ2n) is 4.46. The Morgan fingerprint density at radius 1 is 1.35 bits per heavy atom. The summed E-state index contributed by atoms with van der Waals surface area (Å²) in [5, 5.41) is 3.95. The van der Waals surface area contributed by atoms with Crippen LogP contribution in [0.25, 0.3) is 0 Å². The first-order chi connectivity index (χ1) is 7.88. The third-order valence-electron chi connectivity index (χ3n) is 2.55. The van der Waals surface area contributed by atoms with E-state index in [-0.39, 0.29) is 17.9 Å². The molecule has 0 aliphatic rings. The summed E-state index contributed by atoms with van der Waals surface area (Å²) in [4.78, 5) is 11.2. The van der Waals surface area contributed by atoms with Crippen molar-refractivity contribution in [2.75, 3.05) is 13.1 Å². The van der Waals surface area contributed by atoms with Crippen LogP contribution < -0.4 is 11.1 Å². The molecule has 3 N–H and O–H groups in total. The summed E-state index contributed by atoms with van der Waals surface area (Å²) in [7, 11) is 0. The maximum atomic E-state index is 11.2. The summed E-state index contributed by atoms with van der Waals surface area (Å²) in [5.74, 6) is -0.193. The number of benzene rings is 1. The standard InChI is InChI=1S/C12H16Cl2N2O/c1-12(2,7-16-10(17)6-15)11-8(13)4-3-5-9(11)14/h3-5H,6-7,15H2,1-2H3,(H,16,17). The number of carbonyl (C=O) groups is 1. The molecule has 0 spiro atoms. The summed E-state index contributed by atoms with van der Waals surface area (Å²) in [6.07, 6.45) is 0. The van der Waals surface area contributed by atoms with Gasteiger partial charge in [0.25, 0.3) is 0 Å². The van der Waals surface area contributed by atoms with E-state index in [0.717, 1.165) is 5.56 Å². The number of rotatable bonds is 4. The highest BCUT2D eigenvalue weighted by Gasteiger charge is 2.26. The summed E-state index contributed by atoms with van der Waals surface area (Å²) in [5.41, 5.74) is 5.72. The largest absolute Gasteiger partial charge is 0.354 e. The van der Waals surface area contributed by atoms with E-state index in [1.54, 1.807) is 18.2 Å². The van der Waals surface area contributed by atoms with E-state index in [1.165, 1.54) is 0 Å². The molecule has 0 aliphatic heterocycles. The molecule has 94 valence electrons. The van der Waals surface area contributed by atoms with Crippen LogP contribution in [0.3, 0.4) is 0 Å². The average molecular weight is 275 g/mol. The second-order valence-corrected chi connectivity index (χ2v) is 5.28. The minimum absolute atomic E-state index is 0.0215. The van der Waals surface area contributed by atoms with Gasteiger partial charge in [-0.25, -0.2) is 0 Å². The molecule has 0 aliphatic carbocycles. The summed E-state index contributed by atoms with van der Waals surface area (Å²) >= 11 is 12.3. The quantitative estimate of drug-likeness (QED) is 0.886. The number of halogens is 2. The molecule has 0 aromatic heterocycles. The lowest BCUT2D eigenvalue weighted by Crippen LogP contribution is -2.39. The maximum Gasteiger partial charge on any atom is 0.233 e. The summed E-state index contributed by atoms with van der Waals surface area (Å²) in [6, 6.07) is 5.37. The SMILES string of the molecule is CC(C)(CNC(=O)CN)c1c(Cl)cccc1Cl. The minimum Gasteiger partial charge on any atom is -0.354 e. The van der Waals surface area contributed by atoms with Gasteiger partial charge in [0, 0.05) is 22.0 Å². The Labute approximate surface area is 111 Å². The van der Waals surface area contributed by atoms with Crippen LogP contribution in [0.1, 0.15) is 19.4 Å². The van der Waals surface area contributed by atoms with E-state index < -0.39 is 0 Å². The fraction of sp³-hybridized carbons (Fsp3) is 0.417. The zero-order chi connectivity index (χ0) is 13.1. The summed E-state index contributed by atoms with van der Waals surface area (Å²) in [6.45, 7) is 4.35. The topological polar surface area (TPSA) is 55.1 Å². The number of nitrogens with two attached hydrogens (primary N) is 1. The van der Waals surface area contributed by atoms with Gasteiger partial charge in [-0.05, 0) is 17.7 Å². The number of hydrogen-bond acceptors (Lipinski definition) is 2. The lowest BCUT2D eigenvalue weighted by atomic mass is 9.84. The third-order valence-corrected chi connectivity index (χ3v) is 3.18. The molecule has 0 saturated carbocycles. The van der Waals surface area contributed by atoms with Crippen LogP contribution in [-0.4, -0.2) is 19.0 Å². The molecule has 5 heteroatoms. The third kappa shape index (κ3) is 3.60. The number of amides is 1. The second kappa shape index (κ2) is 5.71. The predicted octanol–water partition coefficient (Wildman–Crippen LogP) is 2.35. The molecule has 17 heavy (non-hydrogen) atoms. The highest BCUT2D eigenvalue weighted by molar-refractivity contribution is 6.36. The van der Waals surface area contributed by atoms with Gasteiger partial charge in [0.05, 0.1) is 6.54 Å². The predicted molar refractivity (Wildman–Crippen MR) is 71.6 cm³/mol. The van der Waals surface area contributed by atoms with Crippen LogP contribution in [0.4, 0.5) is 0 Å². The summed E-state index contributed by atoms with van der Waals surface area (Å²) < 4.78 is 0. The molecule has 1 aromatic rings. The molecular weight excluding hydrogens is 259 g/mol. The zero-order valence-corrected chi connectivity index (χ0v) is 11.4. The lowest BCUT2D eigenvalue weighted by molar-refractivity contribution is -0.119. The van der Waals surface area contributed by atoms with E-state index >= 15 is 0 Å². The van der Waals surface area contributed by atoms with Crippen molar-refractivity contribution in [2.24, 2.45) is 5.73 Å². The lowest BCUT2D eigenvalue weighted by Gasteiger charge is -2.27. The molecule has 3 nitrogen and oxygen atoms in total. The Morgan fingerprint density at radius 3 is 2.35 bits per heavy atom. The molecule has 1 amide bonds. The molecule has 0 radical (unpaired) electrons. The van der Waals surface area contributed by atoms with Crippen LogP contribution in [0.2, 0.25) is 10.0 Å². The van der Waals surface area contributed by atoms with Gasteiger partial charge in [0.15, 0.2) is 0 Å². The fourth-order valence-electron chi connectivity index (χ4n) is 1.62. The van der Waals surface area contributed by atoms with E-state index in [9.17, 15) is 4.79 Å². The van der Waals surface area contributed by atoms with Gasteiger partial charge in [-0.15, -0.1) is 0 Å². The first-order valence-corrected chi connectivity index (χ1v) is 6.05. The van der Waals surface area contributed by atoms with Crippen molar-refractivity contribution in [3.8, 4) is 0 Å². The van der Waals surface area contributed by atoms with Crippen LogP contribution in [0.15, 0.2) is 18.2 Å². The highest BCUT2D eigenvalue weighted by atomic mass is 35.5. The molecule has 0 unspecified atom stereocenters. The van der Waals surface area contributed by atoms with Gasteiger partial charge in [-0.3, -0.25) is 4.79 Å². The molecule has 0 fully saturated rings. The highest BCUT2D eigenvalue weighted by Crippen LogP contribution is 2.35. The minimum atomic E-state index is -0.347. The van der Waals surface area contributed by atoms with Crippen molar-refractivity contribution >= 4 is 29.1 Å². The first kappa shape index (κ1) is 14.3. The first-order valence-electron chi connectivity index (χ1n) is 5.30. The fourth-order valence-corrected chi connectivity index (χ4v) is 2.53.